The maximum absolute atomic E-state index is 12.1. The van der Waals surface area contributed by atoms with Gasteiger partial charge >= 0.3 is 0 Å². The van der Waals surface area contributed by atoms with Gasteiger partial charge in [-0.05, 0) is 26.0 Å². The summed E-state index contributed by atoms with van der Waals surface area (Å²) in [5, 5.41) is 6.42. The number of aryl methyl sites for hydroxylation is 2. The summed E-state index contributed by atoms with van der Waals surface area (Å²) in [4.78, 5) is 3.78. The van der Waals surface area contributed by atoms with Crippen LogP contribution in [0.25, 0.3) is 0 Å². The quantitative estimate of drug-likeness (QED) is 0.761. The van der Waals surface area contributed by atoms with Crippen LogP contribution in [0.1, 0.15) is 11.4 Å². The molecule has 0 saturated carbocycles. The average molecular weight is 267 g/mol. The van der Waals surface area contributed by atoms with Crippen LogP contribution < -0.4 is 10.5 Å². The number of hydrogen-bond donors (Lipinski definition) is 3. The highest BCUT2D eigenvalue weighted by molar-refractivity contribution is 7.92. The molecule has 2 aromatic heterocycles. The van der Waals surface area contributed by atoms with Crippen LogP contribution in [0.4, 0.5) is 11.4 Å². The summed E-state index contributed by atoms with van der Waals surface area (Å²) >= 11 is 0. The molecule has 0 atom stereocenters. The highest BCUT2D eigenvalue weighted by Crippen LogP contribution is 2.22. The Balaban J connectivity index is 2.43. The summed E-state index contributed by atoms with van der Waals surface area (Å²) in [6.45, 7) is 3.42. The summed E-state index contributed by atoms with van der Waals surface area (Å²) < 4.78 is 26.7. The number of pyridine rings is 1. The van der Waals surface area contributed by atoms with Crippen LogP contribution in [-0.4, -0.2) is 23.6 Å². The van der Waals surface area contributed by atoms with Crippen molar-refractivity contribution in [1.82, 2.24) is 15.2 Å². The van der Waals surface area contributed by atoms with E-state index in [1.165, 1.54) is 12.3 Å². The van der Waals surface area contributed by atoms with Crippen LogP contribution in [-0.2, 0) is 10.0 Å². The number of anilines is 2. The number of nitrogen functional groups attached to an aromatic ring is 1. The minimum Gasteiger partial charge on any atom is -0.396 e. The molecule has 0 aliphatic rings. The molecular formula is C10H13N5O2S. The first kappa shape index (κ1) is 12.4. The summed E-state index contributed by atoms with van der Waals surface area (Å²) in [5.41, 5.74) is 7.31. The maximum Gasteiger partial charge on any atom is 0.281 e. The number of aromatic nitrogens is 3. The molecule has 0 aromatic carbocycles. The van der Waals surface area contributed by atoms with Gasteiger partial charge in [0.25, 0.3) is 10.0 Å². The molecule has 0 bridgehead atoms. The minimum atomic E-state index is -3.81. The molecule has 0 fully saturated rings. The Morgan fingerprint density at radius 1 is 1.39 bits per heavy atom. The zero-order valence-electron chi connectivity index (χ0n) is 9.93. The minimum absolute atomic E-state index is 0.101. The molecule has 0 amide bonds. The lowest BCUT2D eigenvalue weighted by molar-refractivity contribution is 0.598. The van der Waals surface area contributed by atoms with Gasteiger partial charge in [-0.3, -0.25) is 9.82 Å². The molecule has 0 aliphatic carbocycles. The molecule has 2 rings (SSSR count). The smallest absolute Gasteiger partial charge is 0.281 e. The van der Waals surface area contributed by atoms with E-state index >= 15 is 0 Å². The van der Waals surface area contributed by atoms with Gasteiger partial charge in [0.2, 0.25) is 0 Å². The van der Waals surface area contributed by atoms with E-state index in [-0.39, 0.29) is 10.7 Å². The first-order valence-electron chi connectivity index (χ1n) is 5.16. The van der Waals surface area contributed by atoms with Gasteiger partial charge in [-0.2, -0.15) is 13.5 Å². The number of nitrogens with one attached hydrogen (secondary N) is 2. The Labute approximate surface area is 104 Å². The Morgan fingerprint density at radius 2 is 2.11 bits per heavy atom. The van der Waals surface area contributed by atoms with E-state index in [1.807, 2.05) is 0 Å². The topological polar surface area (TPSA) is 114 Å². The number of rotatable bonds is 3. The van der Waals surface area contributed by atoms with Crippen molar-refractivity contribution in [2.45, 2.75) is 18.9 Å². The Hall–Kier alpha value is -2.09. The van der Waals surface area contributed by atoms with E-state index in [1.54, 1.807) is 19.9 Å². The molecule has 0 unspecified atom stereocenters. The zero-order valence-corrected chi connectivity index (χ0v) is 10.7. The second-order valence-electron chi connectivity index (χ2n) is 3.81. The fourth-order valence-electron chi connectivity index (χ4n) is 1.51. The van der Waals surface area contributed by atoms with Crippen LogP contribution in [0.5, 0.6) is 0 Å². The lowest BCUT2D eigenvalue weighted by Gasteiger charge is -2.08. The molecule has 0 saturated heterocycles. The van der Waals surface area contributed by atoms with Gasteiger partial charge in [-0.1, -0.05) is 0 Å². The zero-order chi connectivity index (χ0) is 13.3. The summed E-state index contributed by atoms with van der Waals surface area (Å²) in [5.74, 6) is 0. The molecule has 96 valence electrons. The van der Waals surface area contributed by atoms with Gasteiger partial charge in [0.1, 0.15) is 0 Å². The van der Waals surface area contributed by atoms with E-state index in [0.29, 0.717) is 17.1 Å². The van der Waals surface area contributed by atoms with Crippen LogP contribution >= 0.6 is 0 Å². The lowest BCUT2D eigenvalue weighted by atomic mass is 10.3. The fourth-order valence-corrected chi connectivity index (χ4v) is 2.76. The monoisotopic (exact) mass is 267 g/mol. The standard InChI is InChI=1S/C10H13N5O2S/c1-6-9(7(2)14-13-6)15-18(16,17)10-8(11)4-3-5-12-10/h3-5,15H,11H2,1-2H3,(H,13,14). The van der Waals surface area contributed by atoms with E-state index in [2.05, 4.69) is 19.9 Å². The van der Waals surface area contributed by atoms with Gasteiger partial charge in [-0.25, -0.2) is 4.98 Å². The fraction of sp³-hybridized carbons (Fsp3) is 0.200. The number of nitrogens with zero attached hydrogens (tertiary/aromatic N) is 2. The molecule has 2 heterocycles. The summed E-state index contributed by atoms with van der Waals surface area (Å²) in [7, 11) is -3.81. The molecule has 7 nitrogen and oxygen atoms in total. The van der Waals surface area contributed by atoms with Gasteiger partial charge in [-0.15, -0.1) is 0 Å². The lowest BCUT2D eigenvalue weighted by Crippen LogP contribution is -2.17. The third-order valence-electron chi connectivity index (χ3n) is 2.42. The molecule has 0 spiro atoms. The summed E-state index contributed by atoms with van der Waals surface area (Å²) in [6.07, 6.45) is 1.38. The SMILES string of the molecule is Cc1n[nH]c(C)c1NS(=O)(=O)c1ncccc1N. The third kappa shape index (κ3) is 2.14. The second kappa shape index (κ2) is 4.30. The van der Waals surface area contributed by atoms with Gasteiger partial charge in [0, 0.05) is 6.20 Å². The number of nitrogens with two attached hydrogens (primary N) is 1. The van der Waals surface area contributed by atoms with E-state index in [9.17, 15) is 8.42 Å². The number of aromatic amines is 1. The van der Waals surface area contributed by atoms with Gasteiger partial charge < -0.3 is 5.73 Å². The molecule has 8 heteroatoms. The van der Waals surface area contributed by atoms with Crippen molar-refractivity contribution in [2.24, 2.45) is 0 Å². The van der Waals surface area contributed by atoms with Crippen molar-refractivity contribution in [3.63, 3.8) is 0 Å². The van der Waals surface area contributed by atoms with Gasteiger partial charge in [0.15, 0.2) is 5.03 Å². The number of hydrogen-bond acceptors (Lipinski definition) is 5. The van der Waals surface area contributed by atoms with E-state index in [0.717, 1.165) is 0 Å². The first-order chi connectivity index (χ1) is 8.42. The van der Waals surface area contributed by atoms with Crippen molar-refractivity contribution in [3.05, 3.63) is 29.7 Å². The second-order valence-corrected chi connectivity index (χ2v) is 5.41. The Kier molecular flexibility index (Phi) is 2.95. The molecule has 0 aliphatic heterocycles. The van der Waals surface area contributed by atoms with Crippen molar-refractivity contribution < 1.29 is 8.42 Å². The van der Waals surface area contributed by atoms with Crippen molar-refractivity contribution >= 4 is 21.4 Å². The maximum atomic E-state index is 12.1. The van der Waals surface area contributed by atoms with Crippen LogP contribution in [0.2, 0.25) is 0 Å². The normalized spacial score (nSPS) is 11.4. The third-order valence-corrected chi connectivity index (χ3v) is 3.74. The highest BCUT2D eigenvalue weighted by atomic mass is 32.2. The van der Waals surface area contributed by atoms with Crippen molar-refractivity contribution in [2.75, 3.05) is 10.5 Å². The van der Waals surface area contributed by atoms with Crippen LogP contribution in [0, 0.1) is 13.8 Å². The predicted molar refractivity (Wildman–Crippen MR) is 67.5 cm³/mol. The first-order valence-corrected chi connectivity index (χ1v) is 6.65. The van der Waals surface area contributed by atoms with E-state index < -0.39 is 10.0 Å². The molecular weight excluding hydrogens is 254 g/mol. The number of H-pyrrole nitrogens is 1. The largest absolute Gasteiger partial charge is 0.396 e. The van der Waals surface area contributed by atoms with Gasteiger partial charge in [0.05, 0.1) is 22.8 Å². The average Bonchev–Trinajstić information content (AvgIpc) is 2.61. The van der Waals surface area contributed by atoms with Crippen molar-refractivity contribution in [3.8, 4) is 0 Å². The Morgan fingerprint density at radius 3 is 2.67 bits per heavy atom. The Bertz CT molecular complexity index is 658. The predicted octanol–water partition coefficient (Wildman–Crippen LogP) is 0.805. The molecule has 18 heavy (non-hydrogen) atoms. The number of sulfonamides is 1. The highest BCUT2D eigenvalue weighted by Gasteiger charge is 2.21. The molecule has 0 radical (unpaired) electrons. The van der Waals surface area contributed by atoms with Crippen molar-refractivity contribution in [1.29, 1.82) is 0 Å². The van der Waals surface area contributed by atoms with E-state index in [4.69, 9.17) is 5.73 Å². The van der Waals surface area contributed by atoms with Crippen LogP contribution in [0.3, 0.4) is 0 Å². The van der Waals surface area contributed by atoms with Crippen LogP contribution in [0.15, 0.2) is 23.4 Å². The molecule has 2 aromatic rings. The molecule has 4 N–H and O–H groups in total. The summed E-state index contributed by atoms with van der Waals surface area (Å²) in [6, 6.07) is 3.05.